The fourth-order valence-electron chi connectivity index (χ4n) is 23.9. The number of carbonyl (C=O) groups excluding carboxylic acids is 12. The Kier molecular flexibility index (Phi) is 96.9. The molecular weight excluding hydrogens is 2230 g/mol. The first-order valence-corrected chi connectivity index (χ1v) is 66.7. The number of hydrogen-bond acceptors (Lipinski definition) is 33. The molecule has 0 spiro atoms. The molecule has 145 heavy (non-hydrogen) atoms. The van der Waals surface area contributed by atoms with Crippen molar-refractivity contribution in [3.8, 4) is 0 Å². The minimum absolute atomic E-state index is 0.0164. The standard InChI is InChI=1S/3C36H66O8S3.2CH3.2Sn/c3*1-3-5-7-13-22-34(32(41)42,24-15-9-11-17-26-45)36(28-47,29(31(39)40)20-19-21-30(37)38)35(33(43)44,23-14-8-6-4-2)25-16-10-12-18-27-46;;;;/h3*29,45-47H,3-28H2,1-2H3,(H,37,38)(H,39,40)(H,41,42)(H,43,44);2*1H3;;/q;;;;;2*+3/p-12. The Morgan fingerprint density at radius 1 is 0.186 bits per heavy atom. The predicted octanol–water partition coefficient (Wildman–Crippen LogP) is 13.5. The van der Waals surface area contributed by atoms with Gasteiger partial charge < -0.3 is 119 Å². The van der Waals surface area contributed by atoms with E-state index in [1.54, 1.807) is 45.0 Å². The van der Waals surface area contributed by atoms with Crippen LogP contribution in [-0.2, 0) is 57.5 Å². The van der Waals surface area contributed by atoms with Crippen LogP contribution in [0.1, 0.15) is 485 Å². The molecule has 0 radical (unpaired) electrons. The van der Waals surface area contributed by atoms with Crippen LogP contribution >= 0.6 is 114 Å². The van der Waals surface area contributed by atoms with E-state index in [1.807, 2.05) is 41.5 Å². The first kappa shape index (κ1) is 152. The molecule has 0 N–H and O–H groups in total. The Balaban J connectivity index is -0.000000664. The van der Waals surface area contributed by atoms with E-state index in [4.69, 9.17) is 37.9 Å². The first-order chi connectivity index (χ1) is 69.3. The van der Waals surface area contributed by atoms with Gasteiger partial charge in [0.2, 0.25) is 0 Å². The number of carboxylic acids is 12. The van der Waals surface area contributed by atoms with Gasteiger partial charge in [-0.15, -0.1) is 0 Å². The van der Waals surface area contributed by atoms with Crippen molar-refractivity contribution < 1.29 is 119 Å². The summed E-state index contributed by atoms with van der Waals surface area (Å²) in [6, 6.07) is 0. The number of rotatable bonds is 99. The number of carbonyl (C=O) groups is 12. The molecule has 0 fully saturated rings. The van der Waals surface area contributed by atoms with Gasteiger partial charge in [-0.1, -0.05) is 311 Å². The third-order valence-corrected chi connectivity index (χ3v) is 34.7. The third-order valence-electron chi connectivity index (χ3n) is 31.3. The molecule has 0 saturated carbocycles. The molecule has 844 valence electrons. The number of aliphatic carboxylic acids is 12. The number of thiol groups is 9. The Labute approximate surface area is 953 Å². The van der Waals surface area contributed by atoms with Gasteiger partial charge in [-0.25, -0.2) is 0 Å². The van der Waals surface area contributed by atoms with Gasteiger partial charge in [0.15, 0.2) is 0 Å². The summed E-state index contributed by atoms with van der Waals surface area (Å²) in [6.45, 7) is 12.2. The Morgan fingerprint density at radius 2 is 0.303 bits per heavy atom. The summed E-state index contributed by atoms with van der Waals surface area (Å²) in [4.78, 5) is 162. The molecule has 0 aliphatic carbocycles. The molecule has 0 amide bonds. The Hall–Kier alpha value is -1.61. The Morgan fingerprint density at radius 3 is 0.393 bits per heavy atom. The maximum atomic E-state index is 13.9. The van der Waals surface area contributed by atoms with Crippen LogP contribution in [0.2, 0.25) is 9.88 Å². The van der Waals surface area contributed by atoms with E-state index in [1.165, 1.54) is 0 Å². The maximum absolute atomic E-state index is 13.9. The molecule has 0 aliphatic rings. The molecule has 9 atom stereocenters. The second-order valence-corrected chi connectivity index (χ2v) is 43.8. The topological polar surface area (TPSA) is 482 Å². The zero-order chi connectivity index (χ0) is 111. The average molecular weight is 2420 g/mol. The summed E-state index contributed by atoms with van der Waals surface area (Å²) in [5, 5.41) is 158. The van der Waals surface area contributed by atoms with Crippen molar-refractivity contribution in [2.75, 3.05) is 51.8 Å². The number of hydrogen-bond donors (Lipinski definition) is 9. The van der Waals surface area contributed by atoms with Crippen molar-refractivity contribution in [1.82, 2.24) is 0 Å². The summed E-state index contributed by atoms with van der Waals surface area (Å²) >= 11 is 43.0. The molecule has 0 aromatic heterocycles. The van der Waals surface area contributed by atoms with E-state index in [9.17, 15) is 119 Å². The van der Waals surface area contributed by atoms with E-state index in [2.05, 4.69) is 85.7 Å². The average Bonchev–Trinajstić information content (AvgIpc) is 0.706. The molecule has 35 heteroatoms. The second-order valence-electron chi connectivity index (χ2n) is 40.2. The quantitative estimate of drug-likeness (QED) is 0.0155. The summed E-state index contributed by atoms with van der Waals surface area (Å²) < 4.78 is 0. The molecule has 0 aromatic rings. The fraction of sp³-hybridized carbons (Fsp3) is 0.891. The zero-order valence-electron chi connectivity index (χ0n) is 90.2. The predicted molar refractivity (Wildman–Crippen MR) is 593 cm³/mol. The van der Waals surface area contributed by atoms with Crippen molar-refractivity contribution in [3.05, 3.63) is 0 Å². The van der Waals surface area contributed by atoms with Crippen molar-refractivity contribution in [2.45, 2.75) is 494 Å². The van der Waals surface area contributed by atoms with Crippen molar-refractivity contribution in [1.29, 1.82) is 0 Å². The molecule has 0 saturated heterocycles. The zero-order valence-corrected chi connectivity index (χ0v) is 104. The van der Waals surface area contributed by atoms with E-state index >= 15 is 0 Å². The molecule has 24 nitrogen and oxygen atoms in total. The molecule has 9 unspecified atom stereocenters. The summed E-state index contributed by atoms with van der Waals surface area (Å²) in [5.41, 5.74) is -17.4. The monoisotopic (exact) mass is 2420 g/mol. The molecule has 0 aromatic carbocycles. The van der Waals surface area contributed by atoms with Crippen molar-refractivity contribution in [2.24, 2.45) is 66.5 Å². The molecule has 0 rings (SSSR count). The van der Waals surface area contributed by atoms with Crippen LogP contribution < -0.4 is 61.3 Å². The van der Waals surface area contributed by atoms with Gasteiger partial charge in [0.05, 0.1) is 0 Å². The van der Waals surface area contributed by atoms with E-state index < -0.39 is 157 Å². The van der Waals surface area contributed by atoms with Crippen LogP contribution in [0.5, 0.6) is 0 Å². The SMILES string of the molecule is CCCCCCC(CCCCCCS)(C(=O)[O-])C(CS)(C(CCCC(=O)[O-])C(=O)[O-])C(CCCCCC)(CCCCCCS)C(=O)[O-].CCCCCCC(CCCCCCS)(C(=O)[O-])C(CS)(C(CCCC(=O)[O-])C(=O)[O-])C(CCCCCC)(CCCCCCS)C(=O)[O-].CCCCCCC(CCCCCCS)(C(=O)[O-])C(CS)(C(CCCC(=O)[O-])C(=O)[O-])C(CCCCCC)(CCCCCCS)C(=O)[O-].[CH3][Sn+3].[CH3][Sn+3]. The Bertz CT molecular complexity index is 2910. The molecule has 0 aliphatic heterocycles. The third kappa shape index (κ3) is 50.6. The van der Waals surface area contributed by atoms with Gasteiger partial charge >= 0.3 is 54.9 Å². The van der Waals surface area contributed by atoms with Gasteiger partial charge in [0.25, 0.3) is 0 Å². The fourth-order valence-corrected chi connectivity index (χ4v) is 27.7. The normalized spacial score (nSPS) is 15.8. The van der Waals surface area contributed by atoms with Crippen molar-refractivity contribution in [3.63, 3.8) is 0 Å². The summed E-state index contributed by atoms with van der Waals surface area (Å²) in [6.07, 6.45) is 30.9. The number of carboxylic acid groups (broad SMARTS) is 12. The molecule has 0 heterocycles. The summed E-state index contributed by atoms with van der Waals surface area (Å²) in [7, 11) is 0. The molecule has 0 bridgehead atoms. The van der Waals surface area contributed by atoms with Crippen LogP contribution in [0.4, 0.5) is 0 Å². The van der Waals surface area contributed by atoms with Gasteiger partial charge in [-0.05, 0) is 225 Å². The summed E-state index contributed by atoms with van der Waals surface area (Å²) in [5.74, 6) is -19.7. The van der Waals surface area contributed by atoms with Crippen LogP contribution in [0.25, 0.3) is 0 Å². The van der Waals surface area contributed by atoms with Crippen LogP contribution in [0, 0.1) is 66.5 Å². The second kappa shape index (κ2) is 92.5. The first-order valence-electron chi connectivity index (χ1n) is 55.3. The van der Waals surface area contributed by atoms with Crippen molar-refractivity contribution >= 4 is 230 Å². The van der Waals surface area contributed by atoms with E-state index in [0.29, 0.717) is 189 Å². The van der Waals surface area contributed by atoms with E-state index in [0.717, 1.165) is 154 Å². The molecular formula is C110H192O24S9Sn2-6. The minimum atomic E-state index is -1.99. The van der Waals surface area contributed by atoms with Crippen LogP contribution in [0.3, 0.4) is 0 Å². The number of unbranched alkanes of at least 4 members (excludes halogenated alkanes) is 36. The van der Waals surface area contributed by atoms with E-state index in [-0.39, 0.29) is 133 Å². The van der Waals surface area contributed by atoms with Crippen LogP contribution in [0.15, 0.2) is 0 Å². The van der Waals surface area contributed by atoms with Gasteiger partial charge in [-0.3, -0.25) is 0 Å². The van der Waals surface area contributed by atoms with Gasteiger partial charge in [-0.2, -0.15) is 114 Å². The van der Waals surface area contributed by atoms with Crippen LogP contribution in [-0.4, -0.2) is 168 Å². The van der Waals surface area contributed by atoms with Gasteiger partial charge in [0, 0.05) is 138 Å². The van der Waals surface area contributed by atoms with Gasteiger partial charge in [0.1, 0.15) is 0 Å².